The van der Waals surface area contributed by atoms with Crippen LogP contribution in [0, 0.1) is 0 Å². The third-order valence-electron chi connectivity index (χ3n) is 4.45. The maximum atomic E-state index is 6.88. The zero-order valence-corrected chi connectivity index (χ0v) is 16.1. The Morgan fingerprint density at radius 3 is 1.44 bits per heavy atom. The Morgan fingerprint density at radius 2 is 1.04 bits per heavy atom. The summed E-state index contributed by atoms with van der Waals surface area (Å²) in [5.41, 5.74) is 2.32. The van der Waals surface area contributed by atoms with Gasteiger partial charge in [0.05, 0.1) is 0 Å². The first-order valence-corrected chi connectivity index (χ1v) is 11.0. The summed E-state index contributed by atoms with van der Waals surface area (Å²) in [6.07, 6.45) is 0. The quantitative estimate of drug-likeness (QED) is 0.475. The largest absolute Gasteiger partial charge is 0.534 e. The molecule has 3 aromatic carbocycles. The molecule has 0 N–H and O–H groups in total. The molecule has 0 amide bonds. The van der Waals surface area contributed by atoms with E-state index >= 15 is 0 Å². The summed E-state index contributed by atoms with van der Waals surface area (Å²) in [7, 11) is -2.37. The van der Waals surface area contributed by atoms with Crippen molar-refractivity contribution in [3.05, 3.63) is 102 Å². The van der Waals surface area contributed by atoms with Gasteiger partial charge in [-0.05, 0) is 36.3 Å². The SMILES string of the molecule is CC(C)=C(O[Si](C)(c1ccccc1)c1ccccc1)c1ccccc1. The summed E-state index contributed by atoms with van der Waals surface area (Å²) in [6, 6.07) is 31.6. The Bertz CT molecular complexity index is 796. The van der Waals surface area contributed by atoms with Gasteiger partial charge in [-0.25, -0.2) is 0 Å². The van der Waals surface area contributed by atoms with E-state index in [1.165, 1.54) is 15.9 Å². The number of benzene rings is 3. The summed E-state index contributed by atoms with van der Waals surface area (Å²) >= 11 is 0. The van der Waals surface area contributed by atoms with Crippen molar-refractivity contribution in [1.29, 1.82) is 0 Å². The van der Waals surface area contributed by atoms with Gasteiger partial charge in [-0.1, -0.05) is 91.0 Å². The highest BCUT2D eigenvalue weighted by molar-refractivity contribution is 6.97. The molecule has 3 rings (SSSR count). The van der Waals surface area contributed by atoms with Crippen LogP contribution in [0.2, 0.25) is 6.55 Å². The Balaban J connectivity index is 2.12. The van der Waals surface area contributed by atoms with Crippen LogP contribution in [-0.2, 0) is 4.43 Å². The first kappa shape index (κ1) is 17.2. The van der Waals surface area contributed by atoms with Crippen molar-refractivity contribution in [3.8, 4) is 0 Å². The molecule has 0 heterocycles. The van der Waals surface area contributed by atoms with Gasteiger partial charge in [0, 0.05) is 5.56 Å². The van der Waals surface area contributed by atoms with E-state index in [2.05, 4.69) is 105 Å². The van der Waals surface area contributed by atoms with Crippen molar-refractivity contribution in [2.45, 2.75) is 20.4 Å². The lowest BCUT2D eigenvalue weighted by Crippen LogP contribution is -2.57. The van der Waals surface area contributed by atoms with Crippen molar-refractivity contribution >= 4 is 24.5 Å². The average molecular weight is 345 g/mol. The molecule has 0 fully saturated rings. The van der Waals surface area contributed by atoms with Gasteiger partial charge in [-0.3, -0.25) is 0 Å². The van der Waals surface area contributed by atoms with Crippen molar-refractivity contribution in [2.75, 3.05) is 0 Å². The van der Waals surface area contributed by atoms with Crippen LogP contribution in [-0.4, -0.2) is 8.32 Å². The van der Waals surface area contributed by atoms with E-state index in [4.69, 9.17) is 4.43 Å². The topological polar surface area (TPSA) is 9.23 Å². The maximum absolute atomic E-state index is 6.88. The van der Waals surface area contributed by atoms with Gasteiger partial charge in [-0.2, -0.15) is 0 Å². The second-order valence-electron chi connectivity index (χ2n) is 6.56. The predicted molar refractivity (Wildman–Crippen MR) is 110 cm³/mol. The molecule has 3 aromatic rings. The van der Waals surface area contributed by atoms with Crippen LogP contribution >= 0.6 is 0 Å². The molecule has 0 saturated heterocycles. The van der Waals surface area contributed by atoms with Gasteiger partial charge in [0.15, 0.2) is 0 Å². The smallest absolute Gasteiger partial charge is 0.311 e. The van der Waals surface area contributed by atoms with E-state index in [0.717, 1.165) is 11.3 Å². The van der Waals surface area contributed by atoms with Crippen LogP contribution in [0.15, 0.2) is 96.6 Å². The molecule has 1 nitrogen and oxygen atoms in total. The molecule has 2 heteroatoms. The second-order valence-corrected chi connectivity index (χ2v) is 9.99. The van der Waals surface area contributed by atoms with Gasteiger partial charge < -0.3 is 4.43 Å². The van der Waals surface area contributed by atoms with Gasteiger partial charge in [0.2, 0.25) is 0 Å². The van der Waals surface area contributed by atoms with Crippen molar-refractivity contribution < 1.29 is 4.43 Å². The first-order chi connectivity index (χ1) is 12.1. The summed E-state index contributed by atoms with van der Waals surface area (Å²) in [6.45, 7) is 6.52. The zero-order valence-electron chi connectivity index (χ0n) is 15.1. The number of allylic oxidation sites excluding steroid dienone is 1. The number of hydrogen-bond donors (Lipinski definition) is 0. The summed E-state index contributed by atoms with van der Waals surface area (Å²) < 4.78 is 6.88. The maximum Gasteiger partial charge on any atom is 0.311 e. The van der Waals surface area contributed by atoms with Crippen molar-refractivity contribution in [2.24, 2.45) is 0 Å². The van der Waals surface area contributed by atoms with Gasteiger partial charge in [0.25, 0.3) is 0 Å². The highest BCUT2D eigenvalue weighted by Gasteiger charge is 2.37. The minimum atomic E-state index is -2.37. The lowest BCUT2D eigenvalue weighted by Gasteiger charge is -2.31. The fourth-order valence-electron chi connectivity index (χ4n) is 3.04. The minimum Gasteiger partial charge on any atom is -0.534 e. The molecule has 0 aliphatic heterocycles. The summed E-state index contributed by atoms with van der Waals surface area (Å²) in [5.74, 6) is 0.988. The van der Waals surface area contributed by atoms with E-state index in [-0.39, 0.29) is 0 Å². The molecule has 0 unspecified atom stereocenters. The van der Waals surface area contributed by atoms with E-state index in [0.29, 0.717) is 0 Å². The Hall–Kier alpha value is -2.58. The van der Waals surface area contributed by atoms with Crippen LogP contribution in [0.3, 0.4) is 0 Å². The van der Waals surface area contributed by atoms with Crippen LogP contribution in [0.25, 0.3) is 5.76 Å². The second kappa shape index (κ2) is 7.54. The molecular formula is C23H24OSi. The predicted octanol–water partition coefficient (Wildman–Crippen LogP) is 4.84. The normalized spacial score (nSPS) is 11.0. The molecule has 0 aromatic heterocycles. The standard InChI is InChI=1S/C23H24OSi/c1-19(2)23(20-13-7-4-8-14-20)24-25(3,21-15-9-5-10-16-21)22-17-11-6-12-18-22/h4-18H,1-3H3. The minimum absolute atomic E-state index is 0.988. The fraction of sp³-hybridized carbons (Fsp3) is 0.130. The van der Waals surface area contributed by atoms with E-state index in [1.54, 1.807) is 0 Å². The van der Waals surface area contributed by atoms with Gasteiger partial charge >= 0.3 is 8.32 Å². The monoisotopic (exact) mass is 344 g/mol. The number of rotatable bonds is 5. The van der Waals surface area contributed by atoms with Crippen molar-refractivity contribution in [3.63, 3.8) is 0 Å². The molecule has 25 heavy (non-hydrogen) atoms. The molecule has 0 radical (unpaired) electrons. The lowest BCUT2D eigenvalue weighted by molar-refractivity contribution is 0.522. The highest BCUT2D eigenvalue weighted by atomic mass is 28.4. The molecule has 126 valence electrons. The van der Waals surface area contributed by atoms with E-state index in [1.807, 2.05) is 6.07 Å². The summed E-state index contributed by atoms with van der Waals surface area (Å²) in [5, 5.41) is 2.55. The molecular weight excluding hydrogens is 320 g/mol. The Kier molecular flexibility index (Phi) is 5.20. The molecule has 0 aliphatic carbocycles. The van der Waals surface area contributed by atoms with E-state index in [9.17, 15) is 0 Å². The van der Waals surface area contributed by atoms with Crippen molar-refractivity contribution in [1.82, 2.24) is 0 Å². The van der Waals surface area contributed by atoms with E-state index < -0.39 is 8.32 Å². The molecule has 0 atom stereocenters. The van der Waals surface area contributed by atoms with Gasteiger partial charge in [-0.15, -0.1) is 0 Å². The van der Waals surface area contributed by atoms with Crippen LogP contribution in [0.4, 0.5) is 0 Å². The molecule has 0 aliphatic rings. The average Bonchev–Trinajstić information content (AvgIpc) is 2.68. The van der Waals surface area contributed by atoms with Crippen LogP contribution in [0.1, 0.15) is 19.4 Å². The first-order valence-electron chi connectivity index (χ1n) is 8.64. The Morgan fingerprint density at radius 1 is 0.640 bits per heavy atom. The number of hydrogen-bond acceptors (Lipinski definition) is 1. The molecule has 0 saturated carbocycles. The summed E-state index contributed by atoms with van der Waals surface area (Å²) in [4.78, 5) is 0. The third-order valence-corrected chi connectivity index (χ3v) is 7.93. The molecule has 0 bridgehead atoms. The third kappa shape index (κ3) is 3.75. The highest BCUT2D eigenvalue weighted by Crippen LogP contribution is 2.24. The van der Waals surface area contributed by atoms with Crippen LogP contribution in [0.5, 0.6) is 0 Å². The molecule has 0 spiro atoms. The lowest BCUT2D eigenvalue weighted by atomic mass is 10.1. The Labute approximate surface area is 151 Å². The van der Waals surface area contributed by atoms with Gasteiger partial charge in [0.1, 0.15) is 5.76 Å². The van der Waals surface area contributed by atoms with Crippen LogP contribution < -0.4 is 10.4 Å². The zero-order chi connectivity index (χ0) is 17.7. The fourth-order valence-corrected chi connectivity index (χ4v) is 6.00.